The van der Waals surface area contributed by atoms with Gasteiger partial charge in [0, 0.05) is 31.4 Å². The number of hydrogen-bond donors (Lipinski definition) is 1. The van der Waals surface area contributed by atoms with Gasteiger partial charge in [-0.3, -0.25) is 0 Å². The van der Waals surface area contributed by atoms with Crippen LogP contribution in [-0.2, 0) is 0 Å². The highest BCUT2D eigenvalue weighted by molar-refractivity contribution is 6.32. The van der Waals surface area contributed by atoms with Crippen LogP contribution in [0.4, 0.5) is 11.4 Å². The predicted molar refractivity (Wildman–Crippen MR) is 113 cm³/mol. The van der Waals surface area contributed by atoms with E-state index < -0.39 is 5.97 Å². The molecule has 29 heavy (non-hydrogen) atoms. The Kier molecular flexibility index (Phi) is 5.10. The monoisotopic (exact) mass is 410 g/mol. The molecule has 0 amide bonds. The Balaban J connectivity index is 1.44. The number of benzene rings is 1. The van der Waals surface area contributed by atoms with Crippen molar-refractivity contribution in [2.45, 2.75) is 32.2 Å². The molecule has 1 N–H and O–H groups in total. The number of carboxylic acids is 1. The second kappa shape index (κ2) is 7.57. The first-order chi connectivity index (χ1) is 13.9. The van der Waals surface area contributed by atoms with Gasteiger partial charge in [0.1, 0.15) is 11.8 Å². The average Bonchev–Trinajstić information content (AvgIpc) is 3.04. The van der Waals surface area contributed by atoms with Crippen molar-refractivity contribution in [1.82, 2.24) is 4.98 Å². The van der Waals surface area contributed by atoms with Gasteiger partial charge in [-0.25, -0.2) is 9.78 Å². The molecule has 2 aliphatic rings. The minimum Gasteiger partial charge on any atom is -0.477 e. The first-order valence-corrected chi connectivity index (χ1v) is 10.2. The zero-order valence-electron chi connectivity index (χ0n) is 16.3. The molecule has 1 spiro atoms. The summed E-state index contributed by atoms with van der Waals surface area (Å²) in [5, 5.41) is 18.6. The maximum Gasteiger partial charge on any atom is 0.354 e. The standard InChI is InChI=1S/C22H23ClN4O2/c1-15-11-22(14-27(15)17-3-2-16(12-24)19(23)10-17)6-8-26(9-7-22)18-4-5-20(21(28)29)25-13-18/h2-5,10,13,15H,6-9,11,14H2,1H3,(H,28,29)/t15-/m0/s1. The molecule has 2 aliphatic heterocycles. The third-order valence-electron chi connectivity index (χ3n) is 6.33. The number of anilines is 2. The number of nitriles is 1. The Hall–Kier alpha value is -2.78. The van der Waals surface area contributed by atoms with Crippen molar-refractivity contribution in [3.8, 4) is 6.07 Å². The summed E-state index contributed by atoms with van der Waals surface area (Å²) >= 11 is 6.25. The Labute approximate surface area is 175 Å². The van der Waals surface area contributed by atoms with Crippen LogP contribution in [0.3, 0.4) is 0 Å². The molecule has 3 heterocycles. The molecular weight excluding hydrogens is 388 g/mol. The van der Waals surface area contributed by atoms with Crippen molar-refractivity contribution < 1.29 is 9.90 Å². The highest BCUT2D eigenvalue weighted by Crippen LogP contribution is 2.45. The number of hydrogen-bond acceptors (Lipinski definition) is 5. The molecule has 1 aromatic carbocycles. The van der Waals surface area contributed by atoms with E-state index in [9.17, 15) is 4.79 Å². The van der Waals surface area contributed by atoms with Gasteiger partial charge in [0.25, 0.3) is 0 Å². The van der Waals surface area contributed by atoms with Crippen LogP contribution in [-0.4, -0.2) is 41.7 Å². The van der Waals surface area contributed by atoms with Crippen molar-refractivity contribution in [1.29, 1.82) is 5.26 Å². The normalized spacial score (nSPS) is 20.7. The molecule has 2 saturated heterocycles. The highest BCUT2D eigenvalue weighted by atomic mass is 35.5. The summed E-state index contributed by atoms with van der Waals surface area (Å²) in [4.78, 5) is 19.7. The van der Waals surface area contributed by atoms with E-state index in [4.69, 9.17) is 22.0 Å². The van der Waals surface area contributed by atoms with Crippen LogP contribution in [0.5, 0.6) is 0 Å². The fourth-order valence-corrected chi connectivity index (χ4v) is 4.96. The quantitative estimate of drug-likeness (QED) is 0.817. The number of aromatic carboxylic acids is 1. The summed E-state index contributed by atoms with van der Waals surface area (Å²) in [6.45, 7) is 5.10. The van der Waals surface area contributed by atoms with Gasteiger partial charge in [-0.15, -0.1) is 0 Å². The molecule has 0 bridgehead atoms. The molecular formula is C22H23ClN4O2. The number of piperidine rings is 1. The molecule has 0 unspecified atom stereocenters. The number of pyridine rings is 1. The smallest absolute Gasteiger partial charge is 0.354 e. The maximum absolute atomic E-state index is 11.0. The molecule has 6 nitrogen and oxygen atoms in total. The average molecular weight is 411 g/mol. The maximum atomic E-state index is 11.0. The lowest BCUT2D eigenvalue weighted by molar-refractivity contribution is 0.0690. The van der Waals surface area contributed by atoms with Crippen molar-refractivity contribution in [2.75, 3.05) is 29.4 Å². The molecule has 2 fully saturated rings. The SMILES string of the molecule is C[C@H]1CC2(CCN(c3ccc(C(=O)O)nc3)CC2)CN1c1ccc(C#N)c(Cl)c1. The molecule has 7 heteroatoms. The molecule has 0 saturated carbocycles. The molecule has 1 atom stereocenters. The number of nitrogens with zero attached hydrogens (tertiary/aromatic N) is 4. The van der Waals surface area contributed by atoms with E-state index in [1.807, 2.05) is 18.2 Å². The van der Waals surface area contributed by atoms with E-state index in [2.05, 4.69) is 27.8 Å². The van der Waals surface area contributed by atoms with Crippen LogP contribution in [0.15, 0.2) is 36.5 Å². The number of rotatable bonds is 3. The number of carboxylic acid groups (broad SMARTS) is 1. The number of carbonyl (C=O) groups is 1. The Morgan fingerprint density at radius 3 is 2.59 bits per heavy atom. The summed E-state index contributed by atoms with van der Waals surface area (Å²) in [7, 11) is 0. The summed E-state index contributed by atoms with van der Waals surface area (Å²) in [6.07, 6.45) is 4.95. The Bertz CT molecular complexity index is 962. The van der Waals surface area contributed by atoms with Gasteiger partial charge in [-0.1, -0.05) is 11.6 Å². The second-order valence-corrected chi connectivity index (χ2v) is 8.56. The summed E-state index contributed by atoms with van der Waals surface area (Å²) in [5.41, 5.74) is 2.90. The second-order valence-electron chi connectivity index (χ2n) is 8.15. The largest absolute Gasteiger partial charge is 0.477 e. The fourth-order valence-electron chi connectivity index (χ4n) is 4.74. The van der Waals surface area contributed by atoms with Crippen LogP contribution in [0, 0.1) is 16.7 Å². The van der Waals surface area contributed by atoms with Gasteiger partial charge in [-0.05, 0) is 61.9 Å². The molecule has 0 radical (unpaired) electrons. The van der Waals surface area contributed by atoms with Crippen molar-refractivity contribution >= 4 is 28.9 Å². The minimum atomic E-state index is -1.00. The van der Waals surface area contributed by atoms with Crippen molar-refractivity contribution in [3.63, 3.8) is 0 Å². The molecule has 0 aliphatic carbocycles. The zero-order chi connectivity index (χ0) is 20.6. The van der Waals surface area contributed by atoms with Gasteiger partial charge in [0.2, 0.25) is 0 Å². The van der Waals surface area contributed by atoms with E-state index in [0.29, 0.717) is 16.6 Å². The van der Waals surface area contributed by atoms with Crippen LogP contribution in [0.1, 0.15) is 42.2 Å². The highest BCUT2D eigenvalue weighted by Gasteiger charge is 2.44. The van der Waals surface area contributed by atoms with E-state index in [-0.39, 0.29) is 11.1 Å². The van der Waals surface area contributed by atoms with Crippen molar-refractivity contribution in [2.24, 2.45) is 5.41 Å². The summed E-state index contributed by atoms with van der Waals surface area (Å²) in [6, 6.07) is 11.6. The van der Waals surface area contributed by atoms with Crippen molar-refractivity contribution in [3.05, 3.63) is 52.8 Å². The van der Waals surface area contributed by atoms with E-state index in [0.717, 1.165) is 50.3 Å². The number of aromatic nitrogens is 1. The molecule has 4 rings (SSSR count). The van der Waals surface area contributed by atoms with Crippen LogP contribution in [0.2, 0.25) is 5.02 Å². The molecule has 150 valence electrons. The summed E-state index contributed by atoms with van der Waals surface area (Å²) in [5.74, 6) is -1.00. The van der Waals surface area contributed by atoms with Gasteiger partial charge >= 0.3 is 5.97 Å². The fraction of sp³-hybridized carbons (Fsp3) is 0.409. The summed E-state index contributed by atoms with van der Waals surface area (Å²) < 4.78 is 0. The van der Waals surface area contributed by atoms with Crippen LogP contribution in [0.25, 0.3) is 0 Å². The lowest BCUT2D eigenvalue weighted by atomic mass is 9.76. The van der Waals surface area contributed by atoms with E-state index >= 15 is 0 Å². The third-order valence-corrected chi connectivity index (χ3v) is 6.64. The lowest BCUT2D eigenvalue weighted by Crippen LogP contribution is -2.41. The number of halogens is 1. The van der Waals surface area contributed by atoms with Crippen LogP contribution >= 0.6 is 11.6 Å². The lowest BCUT2D eigenvalue weighted by Gasteiger charge is -2.40. The minimum absolute atomic E-state index is 0.0727. The first kappa shape index (κ1) is 19.5. The Morgan fingerprint density at radius 2 is 2.00 bits per heavy atom. The van der Waals surface area contributed by atoms with Crippen LogP contribution < -0.4 is 9.80 Å². The topological polar surface area (TPSA) is 80.5 Å². The van der Waals surface area contributed by atoms with E-state index in [1.54, 1.807) is 18.3 Å². The predicted octanol–water partition coefficient (Wildman–Crippen LogP) is 4.19. The first-order valence-electron chi connectivity index (χ1n) is 9.81. The van der Waals surface area contributed by atoms with Gasteiger partial charge in [0.05, 0.1) is 22.5 Å². The van der Waals surface area contributed by atoms with Gasteiger partial charge < -0.3 is 14.9 Å². The third kappa shape index (κ3) is 3.75. The van der Waals surface area contributed by atoms with Gasteiger partial charge in [0.15, 0.2) is 0 Å². The molecule has 1 aromatic heterocycles. The Morgan fingerprint density at radius 1 is 1.28 bits per heavy atom. The molecule has 2 aromatic rings. The van der Waals surface area contributed by atoms with Gasteiger partial charge in [-0.2, -0.15) is 5.26 Å². The zero-order valence-corrected chi connectivity index (χ0v) is 17.1. The van der Waals surface area contributed by atoms with E-state index in [1.165, 1.54) is 0 Å².